The molecule has 7 heteroatoms. The SMILES string of the molecule is O=C(Cn1c2ccccc2c(=O)c2ccccc21)N1CCN(C(=O)c2ccco2)CC1. The first-order valence-electron chi connectivity index (χ1n) is 10.2. The van der Waals surface area contributed by atoms with Crippen LogP contribution in [0.1, 0.15) is 10.6 Å². The minimum atomic E-state index is -0.158. The first kappa shape index (κ1) is 19.1. The fourth-order valence-corrected chi connectivity index (χ4v) is 4.20. The molecule has 1 saturated heterocycles. The summed E-state index contributed by atoms with van der Waals surface area (Å²) in [5.74, 6) is 0.115. The summed E-state index contributed by atoms with van der Waals surface area (Å²) < 4.78 is 7.10. The number of hydrogen-bond donors (Lipinski definition) is 0. The van der Waals surface area contributed by atoms with Gasteiger partial charge in [0.25, 0.3) is 5.91 Å². The van der Waals surface area contributed by atoms with E-state index in [2.05, 4.69) is 0 Å². The molecule has 0 unspecified atom stereocenters. The normalized spacial score (nSPS) is 14.3. The van der Waals surface area contributed by atoms with Crippen molar-refractivity contribution in [2.45, 2.75) is 6.54 Å². The van der Waals surface area contributed by atoms with Crippen molar-refractivity contribution in [3.05, 3.63) is 82.9 Å². The maximum absolute atomic E-state index is 13.2. The van der Waals surface area contributed by atoms with Crippen molar-refractivity contribution in [1.29, 1.82) is 0 Å². The lowest BCUT2D eigenvalue weighted by Gasteiger charge is -2.34. The lowest BCUT2D eigenvalue weighted by molar-refractivity contribution is -0.133. The molecule has 1 fully saturated rings. The van der Waals surface area contributed by atoms with Crippen LogP contribution in [0.4, 0.5) is 0 Å². The van der Waals surface area contributed by atoms with E-state index in [0.717, 1.165) is 11.0 Å². The predicted molar refractivity (Wildman–Crippen MR) is 117 cm³/mol. The number of rotatable bonds is 3. The molecule has 4 aromatic rings. The third-order valence-corrected chi connectivity index (χ3v) is 5.82. The number of pyridine rings is 1. The predicted octanol–water partition coefficient (Wildman–Crippen LogP) is 2.73. The number of nitrogens with zero attached hydrogens (tertiary/aromatic N) is 3. The lowest BCUT2D eigenvalue weighted by Crippen LogP contribution is -2.51. The van der Waals surface area contributed by atoms with Crippen molar-refractivity contribution in [3.8, 4) is 0 Å². The number of furan rings is 1. The van der Waals surface area contributed by atoms with Gasteiger partial charge >= 0.3 is 0 Å². The molecule has 31 heavy (non-hydrogen) atoms. The van der Waals surface area contributed by atoms with Gasteiger partial charge in [0, 0.05) is 37.0 Å². The average molecular weight is 415 g/mol. The topological polar surface area (TPSA) is 75.8 Å². The van der Waals surface area contributed by atoms with Crippen LogP contribution < -0.4 is 5.43 Å². The molecule has 1 aliphatic rings. The number of para-hydroxylation sites is 2. The van der Waals surface area contributed by atoms with E-state index in [-0.39, 0.29) is 23.8 Å². The van der Waals surface area contributed by atoms with Gasteiger partial charge in [-0.3, -0.25) is 14.4 Å². The van der Waals surface area contributed by atoms with Gasteiger partial charge in [-0.25, -0.2) is 0 Å². The Bertz CT molecular complexity index is 1270. The molecule has 0 bridgehead atoms. The molecule has 3 heterocycles. The molecule has 0 aliphatic carbocycles. The van der Waals surface area contributed by atoms with Crippen LogP contribution in [0.25, 0.3) is 21.8 Å². The second-order valence-electron chi connectivity index (χ2n) is 7.60. The number of fused-ring (bicyclic) bond motifs is 2. The van der Waals surface area contributed by atoms with E-state index in [0.29, 0.717) is 42.7 Å². The Kier molecular flexibility index (Phi) is 4.78. The minimum Gasteiger partial charge on any atom is -0.459 e. The van der Waals surface area contributed by atoms with Gasteiger partial charge in [-0.1, -0.05) is 24.3 Å². The zero-order valence-corrected chi connectivity index (χ0v) is 16.9. The summed E-state index contributed by atoms with van der Waals surface area (Å²) in [6.45, 7) is 1.96. The molecule has 2 amide bonds. The largest absolute Gasteiger partial charge is 0.459 e. The number of benzene rings is 2. The van der Waals surface area contributed by atoms with Gasteiger partial charge in [0.2, 0.25) is 5.91 Å². The molecule has 0 N–H and O–H groups in total. The first-order valence-corrected chi connectivity index (χ1v) is 10.2. The molecule has 0 spiro atoms. The van der Waals surface area contributed by atoms with Crippen LogP contribution in [0.15, 0.2) is 76.1 Å². The third-order valence-electron chi connectivity index (χ3n) is 5.82. The van der Waals surface area contributed by atoms with Crippen molar-refractivity contribution in [1.82, 2.24) is 14.4 Å². The number of carbonyl (C=O) groups excluding carboxylic acids is 2. The Labute approximate surface area is 178 Å². The minimum absolute atomic E-state index is 0.0278. The third kappa shape index (κ3) is 3.38. The molecule has 5 rings (SSSR count). The fraction of sp³-hybridized carbons (Fsp3) is 0.208. The highest BCUT2D eigenvalue weighted by molar-refractivity contribution is 5.95. The van der Waals surface area contributed by atoms with E-state index < -0.39 is 0 Å². The second-order valence-corrected chi connectivity index (χ2v) is 7.60. The summed E-state index contributed by atoms with van der Waals surface area (Å²) in [5, 5.41) is 1.20. The van der Waals surface area contributed by atoms with Gasteiger partial charge in [0.15, 0.2) is 11.2 Å². The van der Waals surface area contributed by atoms with E-state index in [4.69, 9.17) is 4.42 Å². The van der Waals surface area contributed by atoms with E-state index >= 15 is 0 Å². The Morgan fingerprint density at radius 3 is 1.94 bits per heavy atom. The van der Waals surface area contributed by atoms with E-state index in [1.807, 2.05) is 41.0 Å². The van der Waals surface area contributed by atoms with Crippen molar-refractivity contribution < 1.29 is 14.0 Å². The molecule has 0 radical (unpaired) electrons. The molecule has 0 atom stereocenters. The van der Waals surface area contributed by atoms with Crippen LogP contribution in [0, 0.1) is 0 Å². The quantitative estimate of drug-likeness (QED) is 0.482. The summed E-state index contributed by atoms with van der Waals surface area (Å²) >= 11 is 0. The molecular weight excluding hydrogens is 394 g/mol. The van der Waals surface area contributed by atoms with Crippen molar-refractivity contribution in [3.63, 3.8) is 0 Å². The van der Waals surface area contributed by atoms with Crippen molar-refractivity contribution in [2.24, 2.45) is 0 Å². The fourth-order valence-electron chi connectivity index (χ4n) is 4.20. The van der Waals surface area contributed by atoms with Gasteiger partial charge in [0.1, 0.15) is 6.54 Å². The monoisotopic (exact) mass is 415 g/mol. The van der Waals surface area contributed by atoms with Gasteiger partial charge < -0.3 is 18.8 Å². The first-order chi connectivity index (χ1) is 15.1. The zero-order valence-electron chi connectivity index (χ0n) is 16.9. The van der Waals surface area contributed by atoms with E-state index in [9.17, 15) is 14.4 Å². The van der Waals surface area contributed by atoms with Crippen LogP contribution >= 0.6 is 0 Å². The number of hydrogen-bond acceptors (Lipinski definition) is 4. The maximum atomic E-state index is 13.2. The smallest absolute Gasteiger partial charge is 0.289 e. The summed E-state index contributed by atoms with van der Waals surface area (Å²) in [4.78, 5) is 41.9. The number of piperazine rings is 1. The number of amides is 2. The summed E-state index contributed by atoms with van der Waals surface area (Å²) in [6, 6.07) is 18.1. The van der Waals surface area contributed by atoms with Crippen LogP contribution in [0.5, 0.6) is 0 Å². The molecule has 156 valence electrons. The van der Waals surface area contributed by atoms with Crippen molar-refractivity contribution >= 4 is 33.6 Å². The van der Waals surface area contributed by atoms with Crippen LogP contribution in [0.2, 0.25) is 0 Å². The maximum Gasteiger partial charge on any atom is 0.289 e. The molecule has 7 nitrogen and oxygen atoms in total. The highest BCUT2D eigenvalue weighted by Gasteiger charge is 2.26. The molecule has 1 aliphatic heterocycles. The van der Waals surface area contributed by atoms with E-state index in [1.54, 1.807) is 34.1 Å². The molecule has 2 aromatic heterocycles. The van der Waals surface area contributed by atoms with Gasteiger partial charge in [0.05, 0.1) is 17.3 Å². The van der Waals surface area contributed by atoms with Crippen molar-refractivity contribution in [2.75, 3.05) is 26.2 Å². The van der Waals surface area contributed by atoms with Crippen LogP contribution in [-0.4, -0.2) is 52.4 Å². The Morgan fingerprint density at radius 1 is 0.774 bits per heavy atom. The summed E-state index contributed by atoms with van der Waals surface area (Å²) in [6.07, 6.45) is 1.48. The number of aromatic nitrogens is 1. The highest BCUT2D eigenvalue weighted by Crippen LogP contribution is 2.20. The Morgan fingerprint density at radius 2 is 1.35 bits per heavy atom. The summed E-state index contributed by atoms with van der Waals surface area (Å²) in [7, 11) is 0. The Balaban J connectivity index is 1.39. The average Bonchev–Trinajstić information content (AvgIpc) is 3.36. The molecule has 0 saturated carbocycles. The lowest BCUT2D eigenvalue weighted by atomic mass is 10.1. The highest BCUT2D eigenvalue weighted by atomic mass is 16.3. The Hall–Kier alpha value is -3.87. The molecule has 2 aromatic carbocycles. The van der Waals surface area contributed by atoms with E-state index in [1.165, 1.54) is 6.26 Å². The zero-order chi connectivity index (χ0) is 21.4. The van der Waals surface area contributed by atoms with Gasteiger partial charge in [-0.2, -0.15) is 0 Å². The van der Waals surface area contributed by atoms with Crippen LogP contribution in [0.3, 0.4) is 0 Å². The van der Waals surface area contributed by atoms with Gasteiger partial charge in [-0.05, 0) is 36.4 Å². The molecular formula is C24H21N3O4. The standard InChI is InChI=1S/C24H21N3O4/c28-22(25-11-13-26(14-12-25)24(30)21-10-5-15-31-21)16-27-19-8-3-1-6-17(19)23(29)18-7-2-4-9-20(18)27/h1-10,15H,11-14,16H2. The number of carbonyl (C=O) groups is 2. The summed E-state index contributed by atoms with van der Waals surface area (Å²) in [5.41, 5.74) is 1.46. The van der Waals surface area contributed by atoms with Gasteiger partial charge in [-0.15, -0.1) is 0 Å². The van der Waals surface area contributed by atoms with Crippen LogP contribution in [-0.2, 0) is 11.3 Å². The second kappa shape index (κ2) is 7.75.